The summed E-state index contributed by atoms with van der Waals surface area (Å²) in [7, 11) is -3.38. The van der Waals surface area contributed by atoms with Crippen molar-refractivity contribution in [3.63, 3.8) is 0 Å². The second kappa shape index (κ2) is 8.29. The summed E-state index contributed by atoms with van der Waals surface area (Å²) >= 11 is 1.81. The monoisotopic (exact) mass is 330 g/mol. The van der Waals surface area contributed by atoms with Gasteiger partial charge < -0.3 is 11.1 Å². The van der Waals surface area contributed by atoms with Gasteiger partial charge in [-0.15, -0.1) is 0 Å². The van der Waals surface area contributed by atoms with Gasteiger partial charge in [0.05, 0.1) is 4.90 Å². The molecule has 7 heteroatoms. The number of sulfone groups is 1. The largest absolute Gasteiger partial charge is 0.399 e. The Morgan fingerprint density at radius 3 is 2.57 bits per heavy atom. The number of nitrogens with two attached hydrogens (primary N) is 1. The molecule has 0 aliphatic heterocycles. The first kappa shape index (κ1) is 17.8. The highest BCUT2D eigenvalue weighted by molar-refractivity contribution is 7.98. The maximum atomic E-state index is 12.0. The van der Waals surface area contributed by atoms with Gasteiger partial charge in [-0.2, -0.15) is 11.8 Å². The van der Waals surface area contributed by atoms with E-state index in [0.29, 0.717) is 6.54 Å². The Morgan fingerprint density at radius 2 is 1.95 bits per heavy atom. The number of benzene rings is 1. The zero-order valence-electron chi connectivity index (χ0n) is 12.4. The fourth-order valence-electron chi connectivity index (χ4n) is 1.82. The Kier molecular flexibility index (Phi) is 7.04. The van der Waals surface area contributed by atoms with Gasteiger partial charge in [0, 0.05) is 24.1 Å². The maximum absolute atomic E-state index is 12.0. The van der Waals surface area contributed by atoms with E-state index < -0.39 is 9.84 Å². The fraction of sp³-hybridized carbons (Fsp3) is 0.500. The summed E-state index contributed by atoms with van der Waals surface area (Å²) in [6, 6.07) is 4.20. The minimum Gasteiger partial charge on any atom is -0.399 e. The van der Waals surface area contributed by atoms with E-state index in [1.54, 1.807) is 0 Å². The number of amides is 1. The summed E-state index contributed by atoms with van der Waals surface area (Å²) in [5.74, 6) is 0.831. The van der Waals surface area contributed by atoms with Crippen LogP contribution in [0.2, 0.25) is 0 Å². The van der Waals surface area contributed by atoms with E-state index in [2.05, 4.69) is 11.6 Å². The van der Waals surface area contributed by atoms with Crippen molar-refractivity contribution in [2.24, 2.45) is 0 Å². The van der Waals surface area contributed by atoms with Crippen molar-refractivity contribution in [1.29, 1.82) is 0 Å². The van der Waals surface area contributed by atoms with Crippen LogP contribution < -0.4 is 11.1 Å². The van der Waals surface area contributed by atoms with E-state index in [1.807, 2.05) is 11.8 Å². The van der Waals surface area contributed by atoms with E-state index in [4.69, 9.17) is 5.73 Å². The number of nitrogen functional groups attached to an aromatic ring is 1. The standard InChI is InChI=1S/C14H22N2O3S2/c1-20-7-5-3-4-6-16-14(17)11-8-12(15)10-13(9-11)21(2,18)19/h8-10H,3-7,15H2,1-2H3,(H,16,17). The topological polar surface area (TPSA) is 89.3 Å². The Balaban J connectivity index is 2.60. The molecular weight excluding hydrogens is 308 g/mol. The first-order valence-corrected chi connectivity index (χ1v) is 10.0. The third-order valence-electron chi connectivity index (χ3n) is 2.93. The Morgan fingerprint density at radius 1 is 1.24 bits per heavy atom. The molecule has 1 aromatic rings. The van der Waals surface area contributed by atoms with Gasteiger partial charge in [-0.25, -0.2) is 8.42 Å². The average molecular weight is 330 g/mol. The van der Waals surface area contributed by atoms with E-state index in [1.165, 1.54) is 18.2 Å². The summed E-state index contributed by atoms with van der Waals surface area (Å²) in [6.07, 6.45) is 6.27. The van der Waals surface area contributed by atoms with E-state index >= 15 is 0 Å². The Bertz CT molecular complexity index is 586. The van der Waals surface area contributed by atoms with Crippen LogP contribution in [0.5, 0.6) is 0 Å². The lowest BCUT2D eigenvalue weighted by Gasteiger charge is -2.08. The smallest absolute Gasteiger partial charge is 0.251 e. The number of thioether (sulfide) groups is 1. The molecule has 0 heterocycles. The molecule has 0 radical (unpaired) electrons. The number of unbranched alkanes of at least 4 members (excludes halogenated alkanes) is 2. The van der Waals surface area contributed by atoms with Gasteiger partial charge in [0.1, 0.15) is 0 Å². The zero-order valence-corrected chi connectivity index (χ0v) is 14.0. The molecule has 0 saturated heterocycles. The number of nitrogens with one attached hydrogen (secondary N) is 1. The van der Waals surface area contributed by atoms with Crippen LogP contribution in [-0.2, 0) is 9.84 Å². The highest BCUT2D eigenvalue weighted by Crippen LogP contribution is 2.16. The van der Waals surface area contributed by atoms with Crippen molar-refractivity contribution in [2.45, 2.75) is 24.2 Å². The summed E-state index contributed by atoms with van der Waals surface area (Å²) in [6.45, 7) is 0.580. The highest BCUT2D eigenvalue weighted by Gasteiger charge is 2.13. The first-order valence-electron chi connectivity index (χ1n) is 6.72. The molecule has 1 rings (SSSR count). The molecule has 5 nitrogen and oxygen atoms in total. The lowest BCUT2D eigenvalue weighted by Crippen LogP contribution is -2.24. The van der Waals surface area contributed by atoms with Crippen LogP contribution in [0.1, 0.15) is 29.6 Å². The molecule has 1 amide bonds. The third kappa shape index (κ3) is 6.39. The number of carbonyl (C=O) groups is 1. The molecule has 0 bridgehead atoms. The van der Waals surface area contributed by atoms with Gasteiger partial charge in [-0.1, -0.05) is 6.42 Å². The Labute approximate surface area is 130 Å². The number of anilines is 1. The zero-order chi connectivity index (χ0) is 15.9. The molecular formula is C14H22N2O3S2. The molecule has 0 aliphatic rings. The summed E-state index contributed by atoms with van der Waals surface area (Å²) < 4.78 is 23.1. The predicted octanol–water partition coefficient (Wildman–Crippen LogP) is 1.94. The number of hydrogen-bond donors (Lipinski definition) is 2. The molecule has 0 saturated carbocycles. The van der Waals surface area contributed by atoms with Gasteiger partial charge in [0.25, 0.3) is 5.91 Å². The number of hydrogen-bond acceptors (Lipinski definition) is 5. The first-order chi connectivity index (χ1) is 9.84. The van der Waals surface area contributed by atoms with Crippen molar-refractivity contribution >= 4 is 33.2 Å². The lowest BCUT2D eigenvalue weighted by molar-refractivity contribution is 0.0953. The second-order valence-corrected chi connectivity index (χ2v) is 7.87. The number of carbonyl (C=O) groups excluding carboxylic acids is 1. The second-order valence-electron chi connectivity index (χ2n) is 4.87. The quantitative estimate of drug-likeness (QED) is 0.561. The molecule has 0 aromatic heterocycles. The van der Waals surface area contributed by atoms with Crippen LogP contribution in [0.3, 0.4) is 0 Å². The molecule has 1 aromatic carbocycles. The van der Waals surface area contributed by atoms with Crippen LogP contribution in [0.25, 0.3) is 0 Å². The van der Waals surface area contributed by atoms with Crippen LogP contribution in [-0.4, -0.2) is 39.1 Å². The summed E-state index contributed by atoms with van der Waals surface area (Å²) in [5.41, 5.74) is 6.20. The molecule has 0 aliphatic carbocycles. The van der Waals surface area contributed by atoms with Gasteiger partial charge in [0.15, 0.2) is 9.84 Å². The van der Waals surface area contributed by atoms with Crippen molar-refractivity contribution in [3.8, 4) is 0 Å². The average Bonchev–Trinajstić information content (AvgIpc) is 2.40. The molecule has 118 valence electrons. The summed E-state index contributed by atoms with van der Waals surface area (Å²) in [4.78, 5) is 12.1. The molecule has 0 atom stereocenters. The minimum absolute atomic E-state index is 0.0626. The van der Waals surface area contributed by atoms with E-state index in [9.17, 15) is 13.2 Å². The van der Waals surface area contributed by atoms with Crippen LogP contribution in [0.4, 0.5) is 5.69 Å². The number of rotatable bonds is 8. The highest BCUT2D eigenvalue weighted by atomic mass is 32.2. The van der Waals surface area contributed by atoms with Gasteiger partial charge in [0.2, 0.25) is 0 Å². The molecule has 3 N–H and O–H groups in total. The minimum atomic E-state index is -3.38. The van der Waals surface area contributed by atoms with E-state index in [-0.39, 0.29) is 22.1 Å². The van der Waals surface area contributed by atoms with Crippen LogP contribution >= 0.6 is 11.8 Å². The normalized spacial score (nSPS) is 11.3. The maximum Gasteiger partial charge on any atom is 0.251 e. The van der Waals surface area contributed by atoms with E-state index in [0.717, 1.165) is 31.3 Å². The molecule has 21 heavy (non-hydrogen) atoms. The van der Waals surface area contributed by atoms with Crippen LogP contribution in [0.15, 0.2) is 23.1 Å². The molecule has 0 fully saturated rings. The third-order valence-corrected chi connectivity index (χ3v) is 4.72. The fourth-order valence-corrected chi connectivity index (χ4v) is 3.00. The molecule has 0 spiro atoms. The van der Waals surface area contributed by atoms with Gasteiger partial charge in [-0.05, 0) is 43.0 Å². The van der Waals surface area contributed by atoms with Crippen molar-refractivity contribution in [2.75, 3.05) is 30.5 Å². The van der Waals surface area contributed by atoms with Crippen molar-refractivity contribution < 1.29 is 13.2 Å². The lowest BCUT2D eigenvalue weighted by atomic mass is 10.2. The van der Waals surface area contributed by atoms with Crippen molar-refractivity contribution in [3.05, 3.63) is 23.8 Å². The van der Waals surface area contributed by atoms with Crippen molar-refractivity contribution in [1.82, 2.24) is 5.32 Å². The van der Waals surface area contributed by atoms with Gasteiger partial charge in [-0.3, -0.25) is 4.79 Å². The van der Waals surface area contributed by atoms with Gasteiger partial charge >= 0.3 is 0 Å². The van der Waals surface area contributed by atoms with Crippen LogP contribution in [0, 0.1) is 0 Å². The predicted molar refractivity (Wildman–Crippen MR) is 88.5 cm³/mol. The summed E-state index contributed by atoms with van der Waals surface area (Å²) in [5, 5.41) is 2.79. The SMILES string of the molecule is CSCCCCCNC(=O)c1cc(N)cc(S(C)(=O)=O)c1. The molecule has 0 unspecified atom stereocenters. The Hall–Kier alpha value is -1.21.